The van der Waals surface area contributed by atoms with Crippen molar-refractivity contribution in [3.63, 3.8) is 0 Å². The van der Waals surface area contributed by atoms with Crippen LogP contribution in [0.2, 0.25) is 0 Å². The van der Waals surface area contributed by atoms with Crippen LogP contribution in [0, 0.1) is 11.3 Å². The largest absolute Gasteiger partial charge is 0.440 e. The molecule has 0 N–H and O–H groups in total. The number of nitrogens with zero attached hydrogens (tertiary/aromatic N) is 3. The lowest BCUT2D eigenvalue weighted by molar-refractivity contribution is 0.240. The molecule has 0 aliphatic carbocycles. The van der Waals surface area contributed by atoms with E-state index in [1.165, 1.54) is 0 Å². The summed E-state index contributed by atoms with van der Waals surface area (Å²) in [6.07, 6.45) is 2.45. The monoisotopic (exact) mass is 289 g/mol. The average molecular weight is 290 g/mol. The van der Waals surface area contributed by atoms with Crippen LogP contribution in [-0.4, -0.2) is 9.97 Å². The molecule has 0 fully saturated rings. The predicted octanol–water partition coefficient (Wildman–Crippen LogP) is 2.88. The van der Waals surface area contributed by atoms with Crippen LogP contribution in [0.5, 0.6) is 6.01 Å². The normalized spacial score (nSPS) is 11.5. The minimum Gasteiger partial charge on any atom is -0.440 e. The number of hydrogen-bond acceptors (Lipinski definition) is 4. The fourth-order valence-corrected chi connectivity index (χ4v) is 1.47. The smallest absolute Gasteiger partial charge is 0.318 e. The number of aromatic nitrogens is 2. The Bertz CT molecular complexity index is 522. The molecule has 0 aliphatic rings. The van der Waals surface area contributed by atoms with Crippen molar-refractivity contribution in [1.82, 2.24) is 9.97 Å². The maximum Gasteiger partial charge on any atom is 0.318 e. The highest BCUT2D eigenvalue weighted by Crippen LogP contribution is 2.18. The molecule has 84 valence electrons. The molecule has 0 radical (unpaired) electrons. The van der Waals surface area contributed by atoms with E-state index >= 15 is 0 Å². The van der Waals surface area contributed by atoms with Gasteiger partial charge in [0.1, 0.15) is 6.07 Å². The van der Waals surface area contributed by atoms with Gasteiger partial charge in [0.2, 0.25) is 6.10 Å². The zero-order valence-corrected chi connectivity index (χ0v) is 10.3. The lowest BCUT2D eigenvalue weighted by atomic mass is 10.1. The van der Waals surface area contributed by atoms with Crippen molar-refractivity contribution in [1.29, 1.82) is 5.26 Å². The Labute approximate surface area is 107 Å². The van der Waals surface area contributed by atoms with Crippen molar-refractivity contribution in [2.45, 2.75) is 6.10 Å². The summed E-state index contributed by atoms with van der Waals surface area (Å²) in [4.78, 5) is 7.92. The molecule has 5 heteroatoms. The SMILES string of the molecule is N#CC(Oc1ncc(Br)cn1)c1ccccc1. The van der Waals surface area contributed by atoms with Crippen LogP contribution >= 0.6 is 15.9 Å². The maximum absolute atomic E-state index is 9.06. The Hall–Kier alpha value is -1.93. The van der Waals surface area contributed by atoms with Gasteiger partial charge in [0.25, 0.3) is 0 Å². The highest BCUT2D eigenvalue weighted by Gasteiger charge is 2.12. The number of ether oxygens (including phenoxy) is 1. The summed E-state index contributed by atoms with van der Waals surface area (Å²) in [5.41, 5.74) is 0.779. The summed E-state index contributed by atoms with van der Waals surface area (Å²) in [5.74, 6) is 0. The van der Waals surface area contributed by atoms with Gasteiger partial charge in [-0.1, -0.05) is 30.3 Å². The second-order valence-corrected chi connectivity index (χ2v) is 4.14. The molecule has 17 heavy (non-hydrogen) atoms. The molecular weight excluding hydrogens is 282 g/mol. The molecule has 1 aromatic carbocycles. The van der Waals surface area contributed by atoms with Crippen molar-refractivity contribution in [3.05, 3.63) is 52.8 Å². The van der Waals surface area contributed by atoms with E-state index in [1.54, 1.807) is 12.4 Å². The summed E-state index contributed by atoms with van der Waals surface area (Å²) in [7, 11) is 0. The van der Waals surface area contributed by atoms with Crippen molar-refractivity contribution < 1.29 is 4.74 Å². The minimum absolute atomic E-state index is 0.184. The van der Waals surface area contributed by atoms with Crippen molar-refractivity contribution >= 4 is 15.9 Å². The van der Waals surface area contributed by atoms with Gasteiger partial charge in [-0.25, -0.2) is 9.97 Å². The maximum atomic E-state index is 9.06. The zero-order chi connectivity index (χ0) is 12.1. The first kappa shape index (κ1) is 11.6. The van der Waals surface area contributed by atoms with Gasteiger partial charge in [-0.3, -0.25) is 0 Å². The molecular formula is C12H8BrN3O. The third kappa shape index (κ3) is 3.02. The fourth-order valence-electron chi connectivity index (χ4n) is 1.26. The first-order valence-electron chi connectivity index (χ1n) is 4.88. The Morgan fingerprint density at radius 3 is 2.41 bits per heavy atom. The molecule has 2 aromatic rings. The van der Waals surface area contributed by atoms with Crippen LogP contribution in [0.3, 0.4) is 0 Å². The van der Waals surface area contributed by atoms with E-state index in [1.807, 2.05) is 30.3 Å². The van der Waals surface area contributed by atoms with E-state index in [9.17, 15) is 0 Å². The molecule has 0 saturated carbocycles. The van der Waals surface area contributed by atoms with Gasteiger partial charge in [-0.15, -0.1) is 0 Å². The van der Waals surface area contributed by atoms with E-state index in [2.05, 4.69) is 32.0 Å². The van der Waals surface area contributed by atoms with Gasteiger partial charge in [-0.2, -0.15) is 5.26 Å². The predicted molar refractivity (Wildman–Crippen MR) is 65.2 cm³/mol. The summed E-state index contributed by atoms with van der Waals surface area (Å²) in [5, 5.41) is 9.06. The van der Waals surface area contributed by atoms with E-state index in [-0.39, 0.29) is 6.01 Å². The highest BCUT2D eigenvalue weighted by atomic mass is 79.9. The van der Waals surface area contributed by atoms with Crippen molar-refractivity contribution in [2.24, 2.45) is 0 Å². The second kappa shape index (κ2) is 5.41. The zero-order valence-electron chi connectivity index (χ0n) is 8.75. The van der Waals surface area contributed by atoms with Crippen LogP contribution in [0.25, 0.3) is 0 Å². The molecule has 1 unspecified atom stereocenters. The molecule has 4 nitrogen and oxygen atoms in total. The average Bonchev–Trinajstić information content (AvgIpc) is 2.39. The van der Waals surface area contributed by atoms with Crippen LogP contribution in [-0.2, 0) is 0 Å². The minimum atomic E-state index is -0.697. The van der Waals surface area contributed by atoms with Gasteiger partial charge in [0.05, 0.1) is 4.47 Å². The van der Waals surface area contributed by atoms with Gasteiger partial charge < -0.3 is 4.74 Å². The Morgan fingerprint density at radius 1 is 1.18 bits per heavy atom. The fraction of sp³-hybridized carbons (Fsp3) is 0.0833. The summed E-state index contributed by atoms with van der Waals surface area (Å²) in [6.45, 7) is 0. The molecule has 0 spiro atoms. The lowest BCUT2D eigenvalue weighted by Crippen LogP contribution is -2.07. The van der Waals surface area contributed by atoms with E-state index in [0.29, 0.717) is 0 Å². The third-order valence-corrected chi connectivity index (χ3v) is 2.45. The molecule has 1 aromatic heterocycles. The van der Waals surface area contributed by atoms with Crippen LogP contribution in [0.15, 0.2) is 47.2 Å². The van der Waals surface area contributed by atoms with Gasteiger partial charge >= 0.3 is 6.01 Å². The number of benzene rings is 1. The topological polar surface area (TPSA) is 58.8 Å². The third-order valence-electron chi connectivity index (χ3n) is 2.04. The van der Waals surface area contributed by atoms with E-state index in [0.717, 1.165) is 10.0 Å². The highest BCUT2D eigenvalue weighted by molar-refractivity contribution is 9.10. The van der Waals surface area contributed by atoms with Crippen LogP contribution in [0.4, 0.5) is 0 Å². The number of halogens is 1. The quantitative estimate of drug-likeness (QED) is 0.872. The first-order chi connectivity index (χ1) is 8.29. The molecule has 1 heterocycles. The summed E-state index contributed by atoms with van der Waals surface area (Å²) < 4.78 is 6.16. The van der Waals surface area contributed by atoms with Gasteiger partial charge in [0.15, 0.2) is 0 Å². The molecule has 0 amide bonds. The number of nitriles is 1. The molecule has 2 rings (SSSR count). The standard InChI is InChI=1S/C12H8BrN3O/c13-10-7-15-12(16-8-10)17-11(6-14)9-4-2-1-3-5-9/h1-5,7-8,11H. The summed E-state index contributed by atoms with van der Waals surface area (Å²) in [6, 6.07) is 11.5. The van der Waals surface area contributed by atoms with Crippen LogP contribution in [0.1, 0.15) is 11.7 Å². The van der Waals surface area contributed by atoms with Crippen LogP contribution < -0.4 is 4.74 Å². The first-order valence-corrected chi connectivity index (χ1v) is 5.67. The number of hydrogen-bond donors (Lipinski definition) is 0. The van der Waals surface area contributed by atoms with Crippen molar-refractivity contribution in [2.75, 3.05) is 0 Å². The summed E-state index contributed by atoms with van der Waals surface area (Å²) >= 11 is 3.23. The lowest BCUT2D eigenvalue weighted by Gasteiger charge is -2.10. The van der Waals surface area contributed by atoms with E-state index < -0.39 is 6.10 Å². The Balaban J connectivity index is 2.17. The molecule has 1 atom stereocenters. The van der Waals surface area contributed by atoms with Gasteiger partial charge in [-0.05, 0) is 15.9 Å². The molecule has 0 aliphatic heterocycles. The van der Waals surface area contributed by atoms with E-state index in [4.69, 9.17) is 10.00 Å². The van der Waals surface area contributed by atoms with Gasteiger partial charge in [0, 0.05) is 18.0 Å². The Morgan fingerprint density at radius 2 is 1.82 bits per heavy atom. The van der Waals surface area contributed by atoms with Crippen molar-refractivity contribution in [3.8, 4) is 12.1 Å². The number of rotatable bonds is 3. The molecule has 0 saturated heterocycles. The Kier molecular flexibility index (Phi) is 3.68. The molecule has 0 bridgehead atoms. The second-order valence-electron chi connectivity index (χ2n) is 3.22.